The van der Waals surface area contributed by atoms with Crippen molar-refractivity contribution in [3.8, 4) is 0 Å². The van der Waals surface area contributed by atoms with Gasteiger partial charge in [0.05, 0.1) is 6.61 Å². The van der Waals surface area contributed by atoms with Crippen molar-refractivity contribution in [3.05, 3.63) is 0 Å². The summed E-state index contributed by atoms with van der Waals surface area (Å²) in [5.74, 6) is 1.18. The smallest absolute Gasteiger partial charge is 0.225 e. The number of nitrogens with zero attached hydrogens (tertiary/aromatic N) is 2. The molecule has 20 heavy (non-hydrogen) atoms. The summed E-state index contributed by atoms with van der Waals surface area (Å²) in [5.41, 5.74) is 5.48. The van der Waals surface area contributed by atoms with Gasteiger partial charge in [0.1, 0.15) is 5.84 Å². The van der Waals surface area contributed by atoms with Gasteiger partial charge in [-0.25, -0.2) is 0 Å². The van der Waals surface area contributed by atoms with E-state index in [1.807, 2.05) is 0 Å². The number of ether oxygens (including phenoxy) is 1. The Kier molecular flexibility index (Phi) is 7.36. The molecule has 6 nitrogen and oxygen atoms in total. The maximum absolute atomic E-state index is 12.5. The average molecular weight is 285 g/mol. The maximum Gasteiger partial charge on any atom is 0.225 e. The van der Waals surface area contributed by atoms with E-state index in [1.54, 1.807) is 12.0 Å². The molecule has 1 saturated carbocycles. The molecule has 0 aromatic heterocycles. The van der Waals surface area contributed by atoms with Crippen LogP contribution >= 0.6 is 0 Å². The first kappa shape index (κ1) is 16.8. The molecule has 0 atom stereocenters. The third kappa shape index (κ3) is 5.36. The van der Waals surface area contributed by atoms with E-state index in [2.05, 4.69) is 12.1 Å². The Hall–Kier alpha value is -1.30. The van der Waals surface area contributed by atoms with Crippen LogP contribution < -0.4 is 5.73 Å². The van der Waals surface area contributed by atoms with Crippen molar-refractivity contribution in [2.24, 2.45) is 22.7 Å². The van der Waals surface area contributed by atoms with Gasteiger partial charge in [-0.1, -0.05) is 12.1 Å². The first-order valence-corrected chi connectivity index (χ1v) is 7.32. The number of nitrogens with two attached hydrogens (primary N) is 1. The largest absolute Gasteiger partial charge is 0.409 e. The fraction of sp³-hybridized carbons (Fsp3) is 0.857. The third-order valence-corrected chi connectivity index (χ3v) is 4.01. The van der Waals surface area contributed by atoms with Crippen LogP contribution in [0.5, 0.6) is 0 Å². The Morgan fingerprint density at radius 3 is 2.55 bits per heavy atom. The molecule has 1 aliphatic carbocycles. The molecule has 1 aliphatic rings. The van der Waals surface area contributed by atoms with Gasteiger partial charge in [-0.05, 0) is 31.6 Å². The molecule has 1 rings (SSSR count). The van der Waals surface area contributed by atoms with Crippen LogP contribution in [-0.2, 0) is 9.53 Å². The predicted octanol–water partition coefficient (Wildman–Crippen LogP) is 1.42. The molecule has 116 valence electrons. The van der Waals surface area contributed by atoms with E-state index in [-0.39, 0.29) is 17.7 Å². The number of methoxy groups -OCH3 is 1. The third-order valence-electron chi connectivity index (χ3n) is 4.01. The first-order chi connectivity index (χ1) is 9.58. The van der Waals surface area contributed by atoms with Crippen LogP contribution in [0.3, 0.4) is 0 Å². The van der Waals surface area contributed by atoms with Crippen molar-refractivity contribution in [2.45, 2.75) is 39.0 Å². The van der Waals surface area contributed by atoms with Gasteiger partial charge < -0.3 is 20.6 Å². The summed E-state index contributed by atoms with van der Waals surface area (Å²) in [6.07, 6.45) is 4.55. The number of rotatable bonds is 7. The highest BCUT2D eigenvalue weighted by Crippen LogP contribution is 2.29. The van der Waals surface area contributed by atoms with Gasteiger partial charge in [-0.15, -0.1) is 0 Å². The predicted molar refractivity (Wildman–Crippen MR) is 77.6 cm³/mol. The molecule has 1 amide bonds. The van der Waals surface area contributed by atoms with Crippen LogP contribution in [-0.4, -0.2) is 48.7 Å². The quantitative estimate of drug-likeness (QED) is 0.320. The highest BCUT2D eigenvalue weighted by Gasteiger charge is 2.27. The molecule has 0 heterocycles. The number of carbonyl (C=O) groups is 1. The minimum absolute atomic E-state index is 0.121. The highest BCUT2D eigenvalue weighted by molar-refractivity contribution is 5.82. The van der Waals surface area contributed by atoms with Crippen molar-refractivity contribution in [2.75, 3.05) is 26.8 Å². The summed E-state index contributed by atoms with van der Waals surface area (Å²) in [5, 5.41) is 11.5. The SMILES string of the molecule is COCCN(CCC(N)=NO)C(=O)C1CCC(C)CC1. The van der Waals surface area contributed by atoms with Gasteiger partial charge in [0.2, 0.25) is 5.91 Å². The molecule has 0 aromatic carbocycles. The van der Waals surface area contributed by atoms with Crippen LogP contribution in [0.1, 0.15) is 39.0 Å². The zero-order valence-corrected chi connectivity index (χ0v) is 12.5. The van der Waals surface area contributed by atoms with Crippen LogP contribution in [0.4, 0.5) is 0 Å². The lowest BCUT2D eigenvalue weighted by Gasteiger charge is -2.31. The van der Waals surface area contributed by atoms with Gasteiger partial charge in [-0.3, -0.25) is 4.79 Å². The topological polar surface area (TPSA) is 88.2 Å². The summed E-state index contributed by atoms with van der Waals surface area (Å²) in [7, 11) is 1.62. The first-order valence-electron chi connectivity index (χ1n) is 7.32. The van der Waals surface area contributed by atoms with Gasteiger partial charge in [-0.2, -0.15) is 0 Å². The van der Waals surface area contributed by atoms with E-state index >= 15 is 0 Å². The Balaban J connectivity index is 2.54. The van der Waals surface area contributed by atoms with Gasteiger partial charge >= 0.3 is 0 Å². The molecule has 6 heteroatoms. The molecule has 0 bridgehead atoms. The summed E-state index contributed by atoms with van der Waals surface area (Å²) in [6.45, 7) is 3.77. The zero-order valence-electron chi connectivity index (χ0n) is 12.5. The van der Waals surface area contributed by atoms with E-state index in [4.69, 9.17) is 15.7 Å². The lowest BCUT2D eigenvalue weighted by molar-refractivity contribution is -0.137. The minimum atomic E-state index is 0.121. The number of oxime groups is 1. The number of amides is 1. The Labute approximate surface area is 120 Å². The van der Waals surface area contributed by atoms with E-state index in [0.717, 1.165) is 31.6 Å². The molecular formula is C14H27N3O3. The van der Waals surface area contributed by atoms with Gasteiger partial charge in [0.25, 0.3) is 0 Å². The van der Waals surface area contributed by atoms with Crippen LogP contribution in [0.2, 0.25) is 0 Å². The van der Waals surface area contributed by atoms with Crippen molar-refractivity contribution in [3.63, 3.8) is 0 Å². The molecule has 0 saturated heterocycles. The number of amidine groups is 1. The maximum atomic E-state index is 12.5. The number of hydrogen-bond donors (Lipinski definition) is 2. The standard InChI is InChI=1S/C14H27N3O3/c1-11-3-5-12(6-4-11)14(18)17(9-10-20-2)8-7-13(15)16-19/h11-12,19H,3-10H2,1-2H3,(H2,15,16). The molecule has 0 aromatic rings. The minimum Gasteiger partial charge on any atom is -0.409 e. The Morgan fingerprint density at radius 1 is 1.35 bits per heavy atom. The summed E-state index contributed by atoms with van der Waals surface area (Å²) < 4.78 is 5.06. The summed E-state index contributed by atoms with van der Waals surface area (Å²) >= 11 is 0. The van der Waals surface area contributed by atoms with Gasteiger partial charge in [0.15, 0.2) is 0 Å². The second-order valence-electron chi connectivity index (χ2n) is 5.62. The fourth-order valence-corrected chi connectivity index (χ4v) is 2.60. The highest BCUT2D eigenvalue weighted by atomic mass is 16.5. The van der Waals surface area contributed by atoms with Crippen LogP contribution in [0.25, 0.3) is 0 Å². The monoisotopic (exact) mass is 285 g/mol. The average Bonchev–Trinajstić information content (AvgIpc) is 2.47. The fourth-order valence-electron chi connectivity index (χ4n) is 2.60. The number of carbonyl (C=O) groups excluding carboxylic acids is 1. The van der Waals surface area contributed by atoms with E-state index in [1.165, 1.54) is 0 Å². The van der Waals surface area contributed by atoms with Crippen molar-refractivity contribution in [1.82, 2.24) is 4.90 Å². The van der Waals surface area contributed by atoms with Crippen LogP contribution in [0.15, 0.2) is 5.16 Å². The summed E-state index contributed by atoms with van der Waals surface area (Å²) in [4.78, 5) is 14.3. The van der Waals surface area contributed by atoms with Crippen molar-refractivity contribution < 1.29 is 14.7 Å². The Morgan fingerprint density at radius 2 is 2.00 bits per heavy atom. The molecule has 0 spiro atoms. The zero-order chi connectivity index (χ0) is 15.0. The molecule has 1 fully saturated rings. The van der Waals surface area contributed by atoms with Crippen LogP contribution in [0, 0.1) is 11.8 Å². The van der Waals surface area contributed by atoms with E-state index in [9.17, 15) is 4.79 Å². The summed E-state index contributed by atoms with van der Waals surface area (Å²) in [6, 6.07) is 0. The van der Waals surface area contributed by atoms with E-state index < -0.39 is 0 Å². The van der Waals surface area contributed by atoms with Gasteiger partial charge in [0, 0.05) is 32.5 Å². The molecule has 3 N–H and O–H groups in total. The van der Waals surface area contributed by atoms with Crippen molar-refractivity contribution >= 4 is 11.7 Å². The molecule has 0 unspecified atom stereocenters. The van der Waals surface area contributed by atoms with E-state index in [0.29, 0.717) is 26.1 Å². The second-order valence-corrected chi connectivity index (χ2v) is 5.62. The number of hydrogen-bond acceptors (Lipinski definition) is 4. The molecule has 0 radical (unpaired) electrons. The molecule has 0 aliphatic heterocycles. The normalized spacial score (nSPS) is 23.6. The lowest BCUT2D eigenvalue weighted by Crippen LogP contribution is -2.41. The Bertz CT molecular complexity index is 326. The lowest BCUT2D eigenvalue weighted by atomic mass is 9.82. The van der Waals surface area contributed by atoms with Crippen molar-refractivity contribution in [1.29, 1.82) is 0 Å². The molecular weight excluding hydrogens is 258 g/mol. The second kappa shape index (κ2) is 8.79.